The van der Waals surface area contributed by atoms with E-state index in [1.807, 2.05) is 0 Å². The highest BCUT2D eigenvalue weighted by atomic mass is 35.5. The quantitative estimate of drug-likeness (QED) is 0.310. The first-order valence-corrected chi connectivity index (χ1v) is 15.4. The Bertz CT molecular complexity index is 1510. The van der Waals surface area contributed by atoms with Crippen LogP contribution in [-0.2, 0) is 21.2 Å². The number of nitro benzene ring substituents is 1. The Hall–Kier alpha value is -2.83. The minimum absolute atomic E-state index is 0.00987. The molecule has 9 nitrogen and oxygen atoms in total. The smallest absolute Gasteiger partial charge is 0.289 e. The third-order valence-corrected chi connectivity index (χ3v) is 10.8. The standard InChI is InChI=1S/C27H29ClN4O5S2/c1-18-3-5-20(6-4-18)27-22-10-14-38-25(22)9-11-30(27)17-26(33)29-12-13-31(19(2)16-29)39(36,37)21-7-8-23(28)24(15-21)32(34)35/h3-8,10,14-15,19,27H,9,11-13,16-17H2,1-2H3/t19-,27-/m1/s1. The van der Waals surface area contributed by atoms with E-state index in [9.17, 15) is 23.3 Å². The summed E-state index contributed by atoms with van der Waals surface area (Å²) >= 11 is 7.62. The van der Waals surface area contributed by atoms with Gasteiger partial charge in [-0.3, -0.25) is 19.8 Å². The molecule has 3 heterocycles. The fourth-order valence-electron chi connectivity index (χ4n) is 5.40. The molecule has 0 N–H and O–H groups in total. The number of hydrogen-bond acceptors (Lipinski definition) is 7. The number of amides is 1. The van der Waals surface area contributed by atoms with Crippen LogP contribution in [0.25, 0.3) is 0 Å². The van der Waals surface area contributed by atoms with Crippen molar-refractivity contribution in [3.05, 3.63) is 90.6 Å². The molecule has 206 valence electrons. The molecule has 0 bridgehead atoms. The van der Waals surface area contributed by atoms with Gasteiger partial charge in [0, 0.05) is 43.2 Å². The summed E-state index contributed by atoms with van der Waals surface area (Å²) < 4.78 is 28.0. The number of carbonyl (C=O) groups excluding carboxylic acids is 1. The molecule has 1 aromatic heterocycles. The van der Waals surface area contributed by atoms with Crippen LogP contribution in [0.5, 0.6) is 0 Å². The van der Waals surface area contributed by atoms with Crippen molar-refractivity contribution in [2.45, 2.75) is 37.2 Å². The zero-order valence-corrected chi connectivity index (χ0v) is 24.0. The maximum atomic E-state index is 13.5. The van der Waals surface area contributed by atoms with Crippen LogP contribution in [0.3, 0.4) is 0 Å². The van der Waals surface area contributed by atoms with E-state index in [0.717, 1.165) is 24.6 Å². The van der Waals surface area contributed by atoms with Gasteiger partial charge in [0.15, 0.2) is 0 Å². The van der Waals surface area contributed by atoms with Gasteiger partial charge in [-0.2, -0.15) is 4.31 Å². The van der Waals surface area contributed by atoms with E-state index >= 15 is 0 Å². The number of nitro groups is 1. The molecule has 5 rings (SSSR count). The van der Waals surface area contributed by atoms with E-state index in [1.54, 1.807) is 23.2 Å². The number of fused-ring (bicyclic) bond motifs is 1. The summed E-state index contributed by atoms with van der Waals surface area (Å²) in [5.74, 6) is -0.0446. The van der Waals surface area contributed by atoms with Crippen molar-refractivity contribution in [3.8, 4) is 0 Å². The number of nitrogens with zero attached hydrogens (tertiary/aromatic N) is 4. The molecule has 0 unspecified atom stereocenters. The minimum Gasteiger partial charge on any atom is -0.339 e. The molecule has 0 spiro atoms. The van der Waals surface area contributed by atoms with E-state index < -0.39 is 26.7 Å². The molecular formula is C27H29ClN4O5S2. The van der Waals surface area contributed by atoms with Crippen molar-refractivity contribution in [1.29, 1.82) is 0 Å². The molecule has 2 aliphatic rings. The van der Waals surface area contributed by atoms with Gasteiger partial charge in [-0.05, 0) is 55.0 Å². The molecule has 0 saturated carbocycles. The van der Waals surface area contributed by atoms with Gasteiger partial charge < -0.3 is 4.90 Å². The summed E-state index contributed by atoms with van der Waals surface area (Å²) in [6.45, 7) is 5.37. The van der Waals surface area contributed by atoms with Gasteiger partial charge >= 0.3 is 0 Å². The maximum absolute atomic E-state index is 13.5. The lowest BCUT2D eigenvalue weighted by atomic mass is 9.92. The lowest BCUT2D eigenvalue weighted by Crippen LogP contribution is -2.57. The molecule has 2 aliphatic heterocycles. The molecular weight excluding hydrogens is 560 g/mol. The normalized spacial score (nSPS) is 20.5. The van der Waals surface area contributed by atoms with Crippen molar-refractivity contribution in [3.63, 3.8) is 0 Å². The van der Waals surface area contributed by atoms with Gasteiger partial charge in [-0.15, -0.1) is 11.3 Å². The van der Waals surface area contributed by atoms with Gasteiger partial charge in [-0.25, -0.2) is 8.42 Å². The zero-order chi connectivity index (χ0) is 27.9. The van der Waals surface area contributed by atoms with Gasteiger partial charge in [-0.1, -0.05) is 41.4 Å². The maximum Gasteiger partial charge on any atom is 0.289 e. The average Bonchev–Trinajstić information content (AvgIpc) is 3.38. The number of carbonyl (C=O) groups is 1. The Balaban J connectivity index is 1.30. The van der Waals surface area contributed by atoms with Crippen molar-refractivity contribution < 1.29 is 18.1 Å². The number of thiophene rings is 1. The van der Waals surface area contributed by atoms with Gasteiger partial charge in [0.25, 0.3) is 5.69 Å². The third kappa shape index (κ3) is 5.46. The molecule has 0 aliphatic carbocycles. The summed E-state index contributed by atoms with van der Waals surface area (Å²) in [5.41, 5.74) is 3.11. The topological polar surface area (TPSA) is 104 Å². The van der Waals surface area contributed by atoms with Crippen LogP contribution in [0.4, 0.5) is 5.69 Å². The molecule has 39 heavy (non-hydrogen) atoms. The number of benzene rings is 2. The monoisotopic (exact) mass is 588 g/mol. The third-order valence-electron chi connectivity index (χ3n) is 7.44. The summed E-state index contributed by atoms with van der Waals surface area (Å²) in [4.78, 5) is 29.2. The van der Waals surface area contributed by atoms with E-state index in [1.165, 1.54) is 32.4 Å². The Morgan fingerprint density at radius 2 is 1.87 bits per heavy atom. The predicted molar refractivity (Wildman–Crippen MR) is 151 cm³/mol. The second-order valence-corrected chi connectivity index (χ2v) is 13.3. The number of halogens is 1. The number of aryl methyl sites for hydroxylation is 1. The molecule has 2 aromatic carbocycles. The fraction of sp³-hybridized carbons (Fsp3) is 0.370. The molecule has 1 saturated heterocycles. The highest BCUT2D eigenvalue weighted by Gasteiger charge is 2.37. The van der Waals surface area contributed by atoms with Crippen molar-refractivity contribution >= 4 is 44.6 Å². The number of piperazine rings is 1. The molecule has 12 heteroatoms. The Labute approximate surface area is 236 Å². The number of hydrogen-bond donors (Lipinski definition) is 0. The summed E-state index contributed by atoms with van der Waals surface area (Å²) in [6, 6.07) is 13.5. The number of sulfonamides is 1. The van der Waals surface area contributed by atoms with Crippen LogP contribution in [0.2, 0.25) is 5.02 Å². The first kappa shape index (κ1) is 27.7. The van der Waals surface area contributed by atoms with Gasteiger partial charge in [0.1, 0.15) is 5.02 Å². The van der Waals surface area contributed by atoms with Crippen LogP contribution in [0.1, 0.15) is 34.5 Å². The Kier molecular flexibility index (Phi) is 7.80. The van der Waals surface area contributed by atoms with Gasteiger partial charge in [0.05, 0.1) is 22.4 Å². The second kappa shape index (κ2) is 11.0. The summed E-state index contributed by atoms with van der Waals surface area (Å²) in [5, 5.41) is 13.2. The molecule has 1 amide bonds. The summed E-state index contributed by atoms with van der Waals surface area (Å²) in [7, 11) is -4.01. The van der Waals surface area contributed by atoms with Crippen molar-refractivity contribution in [2.24, 2.45) is 0 Å². The summed E-state index contributed by atoms with van der Waals surface area (Å²) in [6.07, 6.45) is 0.887. The van der Waals surface area contributed by atoms with E-state index in [0.29, 0.717) is 0 Å². The molecule has 3 aromatic rings. The van der Waals surface area contributed by atoms with Crippen LogP contribution in [-0.4, -0.2) is 72.1 Å². The molecule has 1 fully saturated rings. The largest absolute Gasteiger partial charge is 0.339 e. The van der Waals surface area contributed by atoms with Crippen molar-refractivity contribution in [2.75, 3.05) is 32.7 Å². The average molecular weight is 589 g/mol. The van der Waals surface area contributed by atoms with E-state index in [2.05, 4.69) is 47.5 Å². The molecule has 2 atom stereocenters. The highest BCUT2D eigenvalue weighted by molar-refractivity contribution is 7.89. The number of rotatable bonds is 6. The van der Waals surface area contributed by atoms with Crippen molar-refractivity contribution in [1.82, 2.24) is 14.1 Å². The first-order chi connectivity index (χ1) is 18.6. The highest BCUT2D eigenvalue weighted by Crippen LogP contribution is 2.38. The SMILES string of the molecule is Cc1ccc([C@@H]2c3ccsc3CCN2CC(=O)N2CCN(S(=O)(=O)c3ccc(Cl)c([N+](=O)[O-])c3)[C@H](C)C2)cc1. The Morgan fingerprint density at radius 3 is 2.56 bits per heavy atom. The van der Waals surface area contributed by atoms with Crippen LogP contribution >= 0.6 is 22.9 Å². The van der Waals surface area contributed by atoms with E-state index in [-0.39, 0.29) is 48.0 Å². The Morgan fingerprint density at radius 1 is 1.13 bits per heavy atom. The fourth-order valence-corrected chi connectivity index (χ4v) is 8.13. The first-order valence-electron chi connectivity index (χ1n) is 12.7. The van der Waals surface area contributed by atoms with Crippen LogP contribution in [0.15, 0.2) is 58.8 Å². The second-order valence-electron chi connectivity index (χ2n) is 10.0. The van der Waals surface area contributed by atoms with Crippen LogP contribution in [0, 0.1) is 17.0 Å². The van der Waals surface area contributed by atoms with Gasteiger partial charge in [0.2, 0.25) is 15.9 Å². The lowest BCUT2D eigenvalue weighted by Gasteiger charge is -2.41. The zero-order valence-electron chi connectivity index (χ0n) is 21.6. The molecule has 0 radical (unpaired) electrons. The predicted octanol–water partition coefficient (Wildman–Crippen LogP) is 4.49. The van der Waals surface area contributed by atoms with E-state index in [4.69, 9.17) is 11.6 Å². The lowest BCUT2D eigenvalue weighted by molar-refractivity contribution is -0.384. The minimum atomic E-state index is -4.01. The van der Waals surface area contributed by atoms with Crippen LogP contribution < -0.4 is 0 Å².